The number of nitrogens with one attached hydrogen (secondary N) is 2. The normalized spacial score (nSPS) is 12.4. The SMILES string of the molecule is CN=C(NCCc1ccco1)NC(C)c1cccc(Cl)c1.I. The van der Waals surface area contributed by atoms with Gasteiger partial charge in [0.1, 0.15) is 5.76 Å². The monoisotopic (exact) mass is 433 g/mol. The van der Waals surface area contributed by atoms with Crippen LogP contribution < -0.4 is 10.6 Å². The van der Waals surface area contributed by atoms with Crippen molar-refractivity contribution in [1.82, 2.24) is 10.6 Å². The first-order chi connectivity index (χ1) is 10.2. The van der Waals surface area contributed by atoms with E-state index < -0.39 is 0 Å². The molecule has 4 nitrogen and oxygen atoms in total. The summed E-state index contributed by atoms with van der Waals surface area (Å²) in [6, 6.07) is 11.8. The average molecular weight is 434 g/mol. The Morgan fingerprint density at radius 2 is 2.14 bits per heavy atom. The van der Waals surface area contributed by atoms with E-state index in [0.717, 1.165) is 35.3 Å². The average Bonchev–Trinajstić information content (AvgIpc) is 2.99. The number of furan rings is 1. The van der Waals surface area contributed by atoms with E-state index in [4.69, 9.17) is 16.0 Å². The van der Waals surface area contributed by atoms with Crippen molar-refractivity contribution in [2.24, 2.45) is 4.99 Å². The molecule has 2 aromatic rings. The largest absolute Gasteiger partial charge is 0.469 e. The fourth-order valence-corrected chi connectivity index (χ4v) is 2.22. The number of nitrogens with zero attached hydrogens (tertiary/aromatic N) is 1. The van der Waals surface area contributed by atoms with Crippen molar-refractivity contribution in [2.45, 2.75) is 19.4 Å². The summed E-state index contributed by atoms with van der Waals surface area (Å²) in [5.41, 5.74) is 1.12. The van der Waals surface area contributed by atoms with Crippen LogP contribution in [0.5, 0.6) is 0 Å². The molecule has 0 radical (unpaired) electrons. The maximum Gasteiger partial charge on any atom is 0.191 e. The first-order valence-electron chi connectivity index (χ1n) is 6.94. The van der Waals surface area contributed by atoms with E-state index in [1.165, 1.54) is 0 Å². The van der Waals surface area contributed by atoms with Crippen LogP contribution >= 0.6 is 35.6 Å². The van der Waals surface area contributed by atoms with Crippen molar-refractivity contribution in [3.8, 4) is 0 Å². The fourth-order valence-electron chi connectivity index (χ4n) is 2.02. The van der Waals surface area contributed by atoms with Gasteiger partial charge < -0.3 is 15.1 Å². The van der Waals surface area contributed by atoms with Gasteiger partial charge in [-0.05, 0) is 36.8 Å². The van der Waals surface area contributed by atoms with Crippen LogP contribution in [0.3, 0.4) is 0 Å². The zero-order chi connectivity index (χ0) is 15.1. The molecule has 0 amide bonds. The zero-order valence-corrected chi connectivity index (χ0v) is 15.8. The highest BCUT2D eigenvalue weighted by Crippen LogP contribution is 2.17. The number of hydrogen-bond acceptors (Lipinski definition) is 2. The van der Waals surface area contributed by atoms with Gasteiger partial charge >= 0.3 is 0 Å². The third-order valence-corrected chi connectivity index (χ3v) is 3.40. The Hall–Kier alpha value is -1.21. The lowest BCUT2D eigenvalue weighted by Gasteiger charge is -2.18. The van der Waals surface area contributed by atoms with Crippen LogP contribution in [0, 0.1) is 0 Å². The van der Waals surface area contributed by atoms with Gasteiger partial charge in [-0.2, -0.15) is 0 Å². The summed E-state index contributed by atoms with van der Waals surface area (Å²) >= 11 is 6.02. The molecule has 1 aromatic heterocycles. The van der Waals surface area contributed by atoms with Crippen molar-refractivity contribution < 1.29 is 4.42 Å². The molecule has 0 fully saturated rings. The van der Waals surface area contributed by atoms with Crippen molar-refractivity contribution >= 4 is 41.5 Å². The second-order valence-electron chi connectivity index (χ2n) is 4.75. The molecule has 0 spiro atoms. The molecule has 2 N–H and O–H groups in total. The minimum atomic E-state index is 0. The van der Waals surface area contributed by atoms with Crippen LogP contribution in [0.2, 0.25) is 5.02 Å². The zero-order valence-electron chi connectivity index (χ0n) is 12.7. The molecule has 0 saturated carbocycles. The summed E-state index contributed by atoms with van der Waals surface area (Å²) in [5.74, 6) is 1.72. The van der Waals surface area contributed by atoms with Gasteiger partial charge in [0.05, 0.1) is 12.3 Å². The molecule has 1 heterocycles. The first kappa shape index (κ1) is 18.8. The lowest BCUT2D eigenvalue weighted by Crippen LogP contribution is -2.39. The summed E-state index contributed by atoms with van der Waals surface area (Å²) in [4.78, 5) is 4.23. The van der Waals surface area contributed by atoms with Gasteiger partial charge in [0.15, 0.2) is 5.96 Å². The Bertz CT molecular complexity index is 587. The second kappa shape index (κ2) is 9.74. The molecular weight excluding hydrogens is 413 g/mol. The third-order valence-electron chi connectivity index (χ3n) is 3.17. The Morgan fingerprint density at radius 3 is 2.77 bits per heavy atom. The molecule has 0 aliphatic heterocycles. The Kier molecular flexibility index (Phi) is 8.34. The predicted molar refractivity (Wildman–Crippen MR) is 102 cm³/mol. The molecular formula is C16H21ClIN3O. The number of guanidine groups is 1. The number of halogens is 2. The lowest BCUT2D eigenvalue weighted by molar-refractivity contribution is 0.506. The summed E-state index contributed by atoms with van der Waals surface area (Å²) in [6.45, 7) is 2.83. The Balaban J connectivity index is 0.00000242. The first-order valence-corrected chi connectivity index (χ1v) is 7.32. The van der Waals surface area contributed by atoms with Crippen LogP contribution in [0.15, 0.2) is 52.1 Å². The second-order valence-corrected chi connectivity index (χ2v) is 5.19. The van der Waals surface area contributed by atoms with Crippen LogP contribution in [-0.4, -0.2) is 19.6 Å². The summed E-state index contributed by atoms with van der Waals surface area (Å²) in [6.07, 6.45) is 2.50. The highest BCUT2D eigenvalue weighted by atomic mass is 127. The number of benzene rings is 1. The van der Waals surface area contributed by atoms with E-state index in [9.17, 15) is 0 Å². The molecule has 1 aromatic carbocycles. The van der Waals surface area contributed by atoms with E-state index in [1.807, 2.05) is 36.4 Å². The van der Waals surface area contributed by atoms with Crippen molar-refractivity contribution in [3.05, 3.63) is 59.0 Å². The van der Waals surface area contributed by atoms with E-state index in [-0.39, 0.29) is 30.0 Å². The van der Waals surface area contributed by atoms with Gasteiger partial charge in [-0.25, -0.2) is 0 Å². The number of aliphatic imine (C=N–C) groups is 1. The third kappa shape index (κ3) is 5.88. The quantitative estimate of drug-likeness (QED) is 0.425. The van der Waals surface area contributed by atoms with Crippen LogP contribution in [-0.2, 0) is 6.42 Å². The fraction of sp³-hybridized carbons (Fsp3) is 0.312. The predicted octanol–water partition coefficient (Wildman–Crippen LogP) is 4.02. The maximum atomic E-state index is 6.02. The standard InChI is InChI=1S/C16H20ClN3O.HI/c1-12(13-5-3-6-14(17)11-13)20-16(18-2)19-9-8-15-7-4-10-21-15;/h3-7,10-12H,8-9H2,1-2H3,(H2,18,19,20);1H. The summed E-state index contributed by atoms with van der Waals surface area (Å²) in [7, 11) is 1.76. The van der Waals surface area contributed by atoms with Crippen LogP contribution in [0.25, 0.3) is 0 Å². The molecule has 0 bridgehead atoms. The Morgan fingerprint density at radius 1 is 1.32 bits per heavy atom. The van der Waals surface area contributed by atoms with Gasteiger partial charge in [-0.15, -0.1) is 24.0 Å². The van der Waals surface area contributed by atoms with Crippen molar-refractivity contribution in [2.75, 3.05) is 13.6 Å². The molecule has 120 valence electrons. The molecule has 1 unspecified atom stereocenters. The smallest absolute Gasteiger partial charge is 0.191 e. The van der Waals surface area contributed by atoms with Crippen molar-refractivity contribution in [1.29, 1.82) is 0 Å². The van der Waals surface area contributed by atoms with Gasteiger partial charge in [0.25, 0.3) is 0 Å². The molecule has 0 aliphatic rings. The van der Waals surface area contributed by atoms with E-state index in [0.29, 0.717) is 0 Å². The minimum absolute atomic E-state index is 0. The summed E-state index contributed by atoms with van der Waals surface area (Å²) < 4.78 is 5.30. The van der Waals surface area contributed by atoms with Crippen LogP contribution in [0.4, 0.5) is 0 Å². The van der Waals surface area contributed by atoms with Gasteiger partial charge in [0, 0.05) is 25.0 Å². The van der Waals surface area contributed by atoms with Gasteiger partial charge in [0.2, 0.25) is 0 Å². The molecule has 1 atom stereocenters. The topological polar surface area (TPSA) is 49.6 Å². The van der Waals surface area contributed by atoms with Crippen LogP contribution in [0.1, 0.15) is 24.3 Å². The number of rotatable bonds is 5. The molecule has 0 aliphatic carbocycles. The van der Waals surface area contributed by atoms with Crippen molar-refractivity contribution in [3.63, 3.8) is 0 Å². The Labute approximate surface area is 153 Å². The highest BCUT2D eigenvalue weighted by Gasteiger charge is 2.08. The van der Waals surface area contributed by atoms with E-state index in [1.54, 1.807) is 13.3 Å². The molecule has 22 heavy (non-hydrogen) atoms. The molecule has 0 saturated heterocycles. The van der Waals surface area contributed by atoms with Gasteiger partial charge in [-0.3, -0.25) is 4.99 Å². The summed E-state index contributed by atoms with van der Waals surface area (Å²) in [5, 5.41) is 7.35. The number of hydrogen-bond donors (Lipinski definition) is 2. The minimum Gasteiger partial charge on any atom is -0.469 e. The molecule has 2 rings (SSSR count). The van der Waals surface area contributed by atoms with E-state index in [2.05, 4.69) is 22.5 Å². The molecule has 6 heteroatoms. The highest BCUT2D eigenvalue weighted by molar-refractivity contribution is 14.0. The lowest BCUT2D eigenvalue weighted by atomic mass is 10.1. The van der Waals surface area contributed by atoms with E-state index >= 15 is 0 Å². The maximum absolute atomic E-state index is 6.02. The van der Waals surface area contributed by atoms with Gasteiger partial charge in [-0.1, -0.05) is 23.7 Å².